The molecule has 0 spiro atoms. The number of hydrogen-bond acceptors (Lipinski definition) is 4. The Hall–Kier alpha value is -2.99. The highest BCUT2D eigenvalue weighted by Gasteiger charge is 2.17. The van der Waals surface area contributed by atoms with Gasteiger partial charge in [-0.25, -0.2) is 9.78 Å². The van der Waals surface area contributed by atoms with Crippen molar-refractivity contribution in [2.45, 2.75) is 24.8 Å². The zero-order chi connectivity index (χ0) is 23.8. The summed E-state index contributed by atoms with van der Waals surface area (Å²) in [6, 6.07) is 21.1. The molecule has 0 saturated carbocycles. The van der Waals surface area contributed by atoms with E-state index in [0.717, 1.165) is 44.2 Å². The molecule has 0 aliphatic heterocycles. The maximum Gasteiger partial charge on any atom is 0.336 e. The molecule has 0 amide bonds. The Morgan fingerprint density at radius 2 is 1.74 bits per heavy atom. The standard InChI is InChI=1S/C27H20Cl2N2O2S/c1-16-5-3-4-6-23(16)31-24(18-7-9-20(28)10-8-18)14-30-27(31)34-15-19-12-26(32)33-25-11-17(2)22(29)13-21(19)25/h3-14H,15H2,1-2H3. The number of para-hydroxylation sites is 1. The van der Waals surface area contributed by atoms with Crippen LogP contribution in [0.3, 0.4) is 0 Å². The summed E-state index contributed by atoms with van der Waals surface area (Å²) in [7, 11) is 0. The van der Waals surface area contributed by atoms with E-state index in [1.165, 1.54) is 6.07 Å². The molecule has 170 valence electrons. The first kappa shape index (κ1) is 22.8. The lowest BCUT2D eigenvalue weighted by atomic mass is 10.1. The summed E-state index contributed by atoms with van der Waals surface area (Å²) >= 11 is 14.0. The average Bonchev–Trinajstić information content (AvgIpc) is 3.23. The Balaban J connectivity index is 1.59. The SMILES string of the molecule is Cc1cc2oc(=O)cc(CSc3ncc(-c4ccc(Cl)cc4)n3-c3ccccc3C)c2cc1Cl. The highest BCUT2D eigenvalue weighted by Crippen LogP contribution is 2.34. The molecule has 0 radical (unpaired) electrons. The second kappa shape index (κ2) is 9.34. The monoisotopic (exact) mass is 506 g/mol. The normalized spacial score (nSPS) is 11.3. The third-order valence-corrected chi connectivity index (χ3v) is 7.35. The Morgan fingerprint density at radius 1 is 0.971 bits per heavy atom. The number of aryl methyl sites for hydroxylation is 2. The Bertz CT molecular complexity index is 1570. The fraction of sp³-hybridized carbons (Fsp3) is 0.111. The molecule has 3 aromatic carbocycles. The Labute approximate surface area is 211 Å². The average molecular weight is 507 g/mol. The Morgan fingerprint density at radius 3 is 2.50 bits per heavy atom. The zero-order valence-electron chi connectivity index (χ0n) is 18.5. The molecule has 0 atom stereocenters. The number of imidazole rings is 1. The first-order chi connectivity index (χ1) is 16.4. The maximum absolute atomic E-state index is 12.2. The summed E-state index contributed by atoms with van der Waals surface area (Å²) in [6.45, 7) is 3.97. The molecule has 0 aliphatic carbocycles. The van der Waals surface area contributed by atoms with Gasteiger partial charge < -0.3 is 4.42 Å². The van der Waals surface area contributed by atoms with Crippen LogP contribution in [0.4, 0.5) is 0 Å². The highest BCUT2D eigenvalue weighted by molar-refractivity contribution is 7.98. The predicted octanol–water partition coefficient (Wildman–Crippen LogP) is 7.86. The van der Waals surface area contributed by atoms with Crippen molar-refractivity contribution in [1.82, 2.24) is 9.55 Å². The minimum absolute atomic E-state index is 0.381. The molecule has 5 aromatic rings. The van der Waals surface area contributed by atoms with Gasteiger partial charge >= 0.3 is 5.63 Å². The third kappa shape index (κ3) is 4.39. The van der Waals surface area contributed by atoms with Gasteiger partial charge in [-0.2, -0.15) is 0 Å². The maximum atomic E-state index is 12.2. The van der Waals surface area contributed by atoms with Crippen molar-refractivity contribution in [3.05, 3.63) is 110 Å². The van der Waals surface area contributed by atoms with Crippen molar-refractivity contribution in [1.29, 1.82) is 0 Å². The van der Waals surface area contributed by atoms with Gasteiger partial charge in [-0.1, -0.05) is 65.3 Å². The molecule has 2 heterocycles. The molecule has 7 heteroatoms. The molecule has 0 bridgehead atoms. The minimum Gasteiger partial charge on any atom is -0.423 e. The summed E-state index contributed by atoms with van der Waals surface area (Å²) in [5.41, 5.74) is 6.03. The summed E-state index contributed by atoms with van der Waals surface area (Å²) in [5, 5.41) is 2.97. The number of hydrogen-bond donors (Lipinski definition) is 0. The second-order valence-corrected chi connectivity index (χ2v) is 9.82. The lowest BCUT2D eigenvalue weighted by Gasteiger charge is -2.15. The predicted molar refractivity (Wildman–Crippen MR) is 141 cm³/mol. The quantitative estimate of drug-likeness (QED) is 0.180. The van der Waals surface area contributed by atoms with Crippen LogP contribution in [0.2, 0.25) is 10.0 Å². The van der Waals surface area contributed by atoms with Crippen LogP contribution >= 0.6 is 35.0 Å². The largest absolute Gasteiger partial charge is 0.423 e. The molecule has 4 nitrogen and oxygen atoms in total. The molecule has 0 aliphatic rings. The van der Waals surface area contributed by atoms with Gasteiger partial charge in [0.1, 0.15) is 5.58 Å². The molecule has 0 N–H and O–H groups in total. The molecular formula is C27H20Cl2N2O2S. The van der Waals surface area contributed by atoms with Crippen molar-refractivity contribution in [2.24, 2.45) is 0 Å². The van der Waals surface area contributed by atoms with Crippen molar-refractivity contribution < 1.29 is 4.42 Å². The van der Waals surface area contributed by atoms with Gasteiger partial charge in [-0.3, -0.25) is 4.57 Å². The van der Waals surface area contributed by atoms with Crippen molar-refractivity contribution in [2.75, 3.05) is 0 Å². The van der Waals surface area contributed by atoms with E-state index < -0.39 is 0 Å². The van der Waals surface area contributed by atoms with Gasteiger partial charge in [0, 0.05) is 32.8 Å². The van der Waals surface area contributed by atoms with Gasteiger partial charge in [0.15, 0.2) is 5.16 Å². The van der Waals surface area contributed by atoms with Crippen LogP contribution in [0.15, 0.2) is 87.3 Å². The number of fused-ring (bicyclic) bond motifs is 1. The molecule has 0 unspecified atom stereocenters. The van der Waals surface area contributed by atoms with E-state index in [1.54, 1.807) is 17.8 Å². The van der Waals surface area contributed by atoms with E-state index in [-0.39, 0.29) is 5.63 Å². The highest BCUT2D eigenvalue weighted by atomic mass is 35.5. The van der Waals surface area contributed by atoms with Crippen molar-refractivity contribution >= 4 is 45.9 Å². The fourth-order valence-electron chi connectivity index (χ4n) is 3.92. The number of rotatable bonds is 5. The zero-order valence-corrected chi connectivity index (χ0v) is 20.8. The Kier molecular flexibility index (Phi) is 6.26. The third-order valence-electron chi connectivity index (χ3n) is 5.69. The van der Waals surface area contributed by atoms with E-state index in [9.17, 15) is 4.79 Å². The lowest BCUT2D eigenvalue weighted by molar-refractivity contribution is 0.559. The van der Waals surface area contributed by atoms with Gasteiger partial charge in [0.2, 0.25) is 0 Å². The lowest BCUT2D eigenvalue weighted by Crippen LogP contribution is -2.03. The molecule has 0 fully saturated rings. The van der Waals surface area contributed by atoms with Gasteiger partial charge in [-0.05, 0) is 60.9 Å². The molecule has 5 rings (SSSR count). The second-order valence-electron chi connectivity index (χ2n) is 8.03. The molecular weight excluding hydrogens is 487 g/mol. The van der Waals surface area contributed by atoms with Gasteiger partial charge in [0.25, 0.3) is 0 Å². The van der Waals surface area contributed by atoms with Crippen LogP contribution in [0.5, 0.6) is 0 Å². The number of nitrogens with zero attached hydrogens (tertiary/aromatic N) is 2. The van der Waals surface area contributed by atoms with Crippen molar-refractivity contribution in [3.63, 3.8) is 0 Å². The number of thioether (sulfide) groups is 1. The molecule has 34 heavy (non-hydrogen) atoms. The smallest absolute Gasteiger partial charge is 0.336 e. The van der Waals surface area contributed by atoms with Crippen LogP contribution in [-0.2, 0) is 5.75 Å². The molecule has 2 aromatic heterocycles. The first-order valence-corrected chi connectivity index (χ1v) is 12.4. The van der Waals surface area contributed by atoms with Crippen LogP contribution in [0, 0.1) is 13.8 Å². The van der Waals surface area contributed by atoms with E-state index in [2.05, 4.69) is 23.6 Å². The summed E-state index contributed by atoms with van der Waals surface area (Å²) in [6.07, 6.45) is 1.87. The van der Waals surface area contributed by atoms with Crippen LogP contribution in [0.25, 0.3) is 27.9 Å². The van der Waals surface area contributed by atoms with E-state index >= 15 is 0 Å². The van der Waals surface area contributed by atoms with E-state index in [0.29, 0.717) is 21.4 Å². The van der Waals surface area contributed by atoms with Crippen LogP contribution < -0.4 is 5.63 Å². The fourth-order valence-corrected chi connectivity index (χ4v) is 5.18. The number of benzene rings is 3. The summed E-state index contributed by atoms with van der Waals surface area (Å²) < 4.78 is 7.56. The molecule has 0 saturated heterocycles. The summed E-state index contributed by atoms with van der Waals surface area (Å²) in [4.78, 5) is 17.0. The van der Waals surface area contributed by atoms with Gasteiger partial charge in [-0.15, -0.1) is 0 Å². The minimum atomic E-state index is -0.381. The van der Waals surface area contributed by atoms with E-state index in [4.69, 9.17) is 32.6 Å². The number of halogens is 2. The first-order valence-electron chi connectivity index (χ1n) is 10.7. The van der Waals surface area contributed by atoms with Crippen molar-refractivity contribution in [3.8, 4) is 16.9 Å². The number of aromatic nitrogens is 2. The van der Waals surface area contributed by atoms with E-state index in [1.807, 2.05) is 55.6 Å². The summed E-state index contributed by atoms with van der Waals surface area (Å²) in [5.74, 6) is 0.532. The topological polar surface area (TPSA) is 48.0 Å². The van der Waals surface area contributed by atoms with Crippen LogP contribution in [-0.4, -0.2) is 9.55 Å². The van der Waals surface area contributed by atoms with Gasteiger partial charge in [0.05, 0.1) is 17.6 Å². The van der Waals surface area contributed by atoms with Crippen LogP contribution in [0.1, 0.15) is 16.7 Å².